The van der Waals surface area contributed by atoms with E-state index in [-0.39, 0.29) is 21.5 Å². The van der Waals surface area contributed by atoms with Crippen molar-refractivity contribution in [3.8, 4) is 11.3 Å². The highest BCUT2D eigenvalue weighted by molar-refractivity contribution is 7.90. The molecule has 1 aliphatic carbocycles. The van der Waals surface area contributed by atoms with Gasteiger partial charge in [-0.05, 0) is 61.3 Å². The maximum atomic E-state index is 14.7. The zero-order valence-electron chi connectivity index (χ0n) is 14.5. The van der Waals surface area contributed by atoms with E-state index in [1.54, 1.807) is 18.3 Å². The maximum Gasteiger partial charge on any atom is 0.269 e. The summed E-state index contributed by atoms with van der Waals surface area (Å²) < 4.78 is 42.4. The van der Waals surface area contributed by atoms with Crippen molar-refractivity contribution < 1.29 is 12.8 Å². The fourth-order valence-corrected chi connectivity index (χ4v) is 5.14. The summed E-state index contributed by atoms with van der Waals surface area (Å²) in [6, 6.07) is 7.34. The summed E-state index contributed by atoms with van der Waals surface area (Å²) in [5, 5.41) is 3.45. The molecular formula is C19H17ClFN3O2S. The van der Waals surface area contributed by atoms with Crippen LogP contribution >= 0.6 is 11.6 Å². The SMILES string of the molecule is CNC1CCc2c1cn(S(=O)(=O)c1cccnc1)c2-c1ccc(Cl)cc1F. The first-order chi connectivity index (χ1) is 12.9. The first-order valence-corrected chi connectivity index (χ1v) is 10.3. The molecular weight excluding hydrogens is 389 g/mol. The van der Waals surface area contributed by atoms with Gasteiger partial charge in [0.1, 0.15) is 10.7 Å². The van der Waals surface area contributed by atoms with E-state index in [0.29, 0.717) is 12.1 Å². The van der Waals surface area contributed by atoms with Crippen LogP contribution < -0.4 is 5.32 Å². The molecule has 0 radical (unpaired) electrons. The van der Waals surface area contributed by atoms with Gasteiger partial charge in [0.15, 0.2) is 0 Å². The molecule has 0 aliphatic heterocycles. The van der Waals surface area contributed by atoms with Gasteiger partial charge >= 0.3 is 0 Å². The second-order valence-electron chi connectivity index (χ2n) is 6.41. The maximum absolute atomic E-state index is 14.7. The van der Waals surface area contributed by atoms with Gasteiger partial charge in [0.25, 0.3) is 10.0 Å². The van der Waals surface area contributed by atoms with Gasteiger partial charge in [-0.2, -0.15) is 0 Å². The number of rotatable bonds is 4. The number of fused-ring (bicyclic) bond motifs is 1. The van der Waals surface area contributed by atoms with E-state index >= 15 is 0 Å². The van der Waals surface area contributed by atoms with Crippen molar-refractivity contribution in [2.75, 3.05) is 7.05 Å². The van der Waals surface area contributed by atoms with Crippen molar-refractivity contribution >= 4 is 21.6 Å². The van der Waals surface area contributed by atoms with Gasteiger partial charge in [0.05, 0.1) is 5.69 Å². The normalized spacial score (nSPS) is 16.5. The fourth-order valence-electron chi connectivity index (χ4n) is 3.61. The third-order valence-electron chi connectivity index (χ3n) is 4.90. The summed E-state index contributed by atoms with van der Waals surface area (Å²) in [4.78, 5) is 3.96. The second-order valence-corrected chi connectivity index (χ2v) is 8.66. The summed E-state index contributed by atoms with van der Waals surface area (Å²) in [5.41, 5.74) is 2.27. The number of nitrogens with one attached hydrogen (secondary N) is 1. The van der Waals surface area contributed by atoms with Crippen LogP contribution in [-0.2, 0) is 16.4 Å². The van der Waals surface area contributed by atoms with Crippen LogP contribution in [-0.4, -0.2) is 24.4 Å². The Morgan fingerprint density at radius 1 is 1.33 bits per heavy atom. The van der Waals surface area contributed by atoms with Crippen LogP contribution in [0.25, 0.3) is 11.3 Å². The van der Waals surface area contributed by atoms with Gasteiger partial charge < -0.3 is 5.32 Å². The average Bonchev–Trinajstić information content (AvgIpc) is 3.22. The number of nitrogens with zero attached hydrogens (tertiary/aromatic N) is 2. The van der Waals surface area contributed by atoms with Crippen molar-refractivity contribution in [1.29, 1.82) is 0 Å². The van der Waals surface area contributed by atoms with Crippen LogP contribution in [0.4, 0.5) is 4.39 Å². The van der Waals surface area contributed by atoms with Crippen molar-refractivity contribution in [3.63, 3.8) is 0 Å². The van der Waals surface area contributed by atoms with Gasteiger partial charge in [0, 0.05) is 35.2 Å². The van der Waals surface area contributed by atoms with Crippen LogP contribution in [0.3, 0.4) is 0 Å². The lowest BCUT2D eigenvalue weighted by molar-refractivity contribution is 0.578. The number of hydrogen-bond donors (Lipinski definition) is 1. The van der Waals surface area contributed by atoms with Crippen LogP contribution in [0.2, 0.25) is 5.02 Å². The topological polar surface area (TPSA) is 64.0 Å². The van der Waals surface area contributed by atoms with Crippen LogP contribution in [0.1, 0.15) is 23.6 Å². The van der Waals surface area contributed by atoms with E-state index in [4.69, 9.17) is 11.6 Å². The van der Waals surface area contributed by atoms with Crippen LogP contribution in [0.5, 0.6) is 0 Å². The summed E-state index contributed by atoms with van der Waals surface area (Å²) in [7, 11) is -2.10. The van der Waals surface area contributed by atoms with Gasteiger partial charge in [0.2, 0.25) is 0 Å². The standard InChI is InChI=1S/C19H17ClFN3O2S/c1-22-18-7-6-14-16(18)11-24(27(25,26)13-3-2-8-23-10-13)19(14)15-5-4-12(20)9-17(15)21/h2-5,8-11,18,22H,6-7H2,1H3. The van der Waals surface area contributed by atoms with Gasteiger partial charge in [-0.3, -0.25) is 4.98 Å². The smallest absolute Gasteiger partial charge is 0.269 e. The van der Waals surface area contributed by atoms with Crippen molar-refractivity contribution in [3.05, 3.63) is 70.9 Å². The van der Waals surface area contributed by atoms with Gasteiger partial charge in [-0.15, -0.1) is 0 Å². The predicted molar refractivity (Wildman–Crippen MR) is 102 cm³/mol. The van der Waals surface area contributed by atoms with Crippen molar-refractivity contribution in [1.82, 2.24) is 14.3 Å². The monoisotopic (exact) mass is 405 g/mol. The molecule has 140 valence electrons. The highest BCUT2D eigenvalue weighted by atomic mass is 35.5. The van der Waals surface area contributed by atoms with E-state index < -0.39 is 15.8 Å². The molecule has 1 N–H and O–H groups in total. The predicted octanol–water partition coefficient (Wildman–Crippen LogP) is 3.79. The molecule has 0 saturated carbocycles. The lowest BCUT2D eigenvalue weighted by Crippen LogP contribution is -2.16. The summed E-state index contributed by atoms with van der Waals surface area (Å²) in [5.74, 6) is -0.557. The summed E-state index contributed by atoms with van der Waals surface area (Å²) in [6.07, 6.45) is 5.88. The molecule has 8 heteroatoms. The fraction of sp³-hybridized carbons (Fsp3) is 0.211. The minimum atomic E-state index is -3.93. The largest absolute Gasteiger partial charge is 0.313 e. The molecule has 0 amide bonds. The Kier molecular flexibility index (Phi) is 4.53. The third kappa shape index (κ3) is 2.96. The molecule has 1 atom stereocenters. The van der Waals surface area contributed by atoms with E-state index in [2.05, 4.69) is 10.3 Å². The van der Waals surface area contributed by atoms with Gasteiger partial charge in [-0.25, -0.2) is 16.8 Å². The quantitative estimate of drug-likeness (QED) is 0.717. The second kappa shape index (κ2) is 6.74. The zero-order chi connectivity index (χ0) is 19.2. The molecule has 5 nitrogen and oxygen atoms in total. The molecule has 0 bridgehead atoms. The molecule has 4 rings (SSSR count). The summed E-state index contributed by atoms with van der Waals surface area (Å²) >= 11 is 5.88. The Labute approximate surface area is 161 Å². The lowest BCUT2D eigenvalue weighted by atomic mass is 10.1. The van der Waals surface area contributed by atoms with Crippen LogP contribution in [0.15, 0.2) is 53.8 Å². The van der Waals surface area contributed by atoms with E-state index in [1.807, 2.05) is 7.05 Å². The minimum absolute atomic E-state index is 0.0273. The number of aromatic nitrogens is 2. The Balaban J connectivity index is 2.00. The summed E-state index contributed by atoms with van der Waals surface area (Å²) in [6.45, 7) is 0. The first kappa shape index (κ1) is 18.2. The van der Waals surface area contributed by atoms with Gasteiger partial charge in [-0.1, -0.05) is 11.6 Å². The molecule has 1 aromatic carbocycles. The Morgan fingerprint density at radius 2 is 2.15 bits per heavy atom. The molecule has 0 saturated heterocycles. The molecule has 27 heavy (non-hydrogen) atoms. The Hall–Kier alpha value is -2.22. The lowest BCUT2D eigenvalue weighted by Gasteiger charge is -2.13. The van der Waals surface area contributed by atoms with E-state index in [9.17, 15) is 12.8 Å². The highest BCUT2D eigenvalue weighted by Gasteiger charge is 2.33. The first-order valence-electron chi connectivity index (χ1n) is 8.46. The Bertz CT molecular complexity index is 1110. The van der Waals surface area contributed by atoms with E-state index in [1.165, 1.54) is 34.6 Å². The minimum Gasteiger partial charge on any atom is -0.313 e. The third-order valence-corrected chi connectivity index (χ3v) is 6.77. The number of pyridine rings is 1. The number of hydrogen-bond acceptors (Lipinski definition) is 4. The van der Waals surface area contributed by atoms with E-state index in [0.717, 1.165) is 17.5 Å². The van der Waals surface area contributed by atoms with Crippen LogP contribution in [0, 0.1) is 5.82 Å². The molecule has 0 spiro atoms. The molecule has 2 aromatic heterocycles. The zero-order valence-corrected chi connectivity index (χ0v) is 16.1. The highest BCUT2D eigenvalue weighted by Crippen LogP contribution is 2.41. The molecule has 2 heterocycles. The van der Waals surface area contributed by atoms with Crippen molar-refractivity contribution in [2.45, 2.75) is 23.8 Å². The molecule has 1 unspecified atom stereocenters. The number of benzene rings is 1. The number of halogens is 2. The molecule has 3 aromatic rings. The van der Waals surface area contributed by atoms with Crippen molar-refractivity contribution in [2.24, 2.45) is 0 Å². The Morgan fingerprint density at radius 3 is 2.81 bits per heavy atom. The molecule has 0 fully saturated rings. The molecule has 1 aliphatic rings. The average molecular weight is 406 g/mol.